The van der Waals surface area contributed by atoms with E-state index in [4.69, 9.17) is 17.2 Å². The molecule has 0 fully saturated rings. The first kappa shape index (κ1) is 64.0. The van der Waals surface area contributed by atoms with E-state index in [0.717, 1.165) is 27.2 Å². The molecule has 5 rings (SSSR count). The van der Waals surface area contributed by atoms with Gasteiger partial charge in [0.2, 0.25) is 47.3 Å². The summed E-state index contributed by atoms with van der Waals surface area (Å²) < 4.78 is 0. The van der Waals surface area contributed by atoms with Crippen LogP contribution in [-0.2, 0) is 78.0 Å². The summed E-state index contributed by atoms with van der Waals surface area (Å²) in [7, 11) is 0. The van der Waals surface area contributed by atoms with Crippen LogP contribution >= 0.6 is 25.3 Å². The van der Waals surface area contributed by atoms with Crippen LogP contribution in [0.4, 0.5) is 0 Å². The van der Waals surface area contributed by atoms with Crippen molar-refractivity contribution in [1.82, 2.24) is 42.2 Å². The fourth-order valence-corrected chi connectivity index (χ4v) is 9.01. The molecule has 4 aromatic carbocycles. The average molecular weight is 1290 g/mol. The number of aliphatic hydroxyl groups is 1. The van der Waals surface area contributed by atoms with Crippen molar-refractivity contribution < 1.29 is 69.0 Å². The molecule has 0 unspecified atom stereocenters. The molecule has 21 nitrogen and oxygen atoms in total. The standard InChI is InChI=1S/C54H71N11O10S2.Re/c1-29(2)45(54(75)63-44(28-77)53(74)65-46(30(3)66)47(57)68)64-49(70)40(14-8-9-21-55)59-51(72)42(25-35-26-58-39-13-7-6-12-37(35)39)61-50(71)41(24-31-16-19-36(67)20-17-31)60-52(73)43(27-76)62-48(69)38(56)23-32-15-18-33-10-4-5-11-34(33)22-32;/h4-7,10-13,15-20,22,26,29-30,38,40-46,58,66-67,76-77H,8-9,14,21,23-25,27-28,55-56H2,1-3H3,(H2,57,68)(H,59,72)(H,60,73)(H,61,71)(H,62,69)(H,63,75)(H,64,70)(H,65,74);/t30-,38-,40+,41+,42-,43+,44+,45+,46+;/m1./s1/i;1+2. The number of unbranched alkanes of at least 4 members (excludes halogenated alkanes) is 1. The maximum atomic E-state index is 14.8. The van der Waals surface area contributed by atoms with Gasteiger partial charge in [0.1, 0.15) is 48.0 Å². The van der Waals surface area contributed by atoms with Crippen LogP contribution in [0.25, 0.3) is 21.7 Å². The van der Waals surface area contributed by atoms with Crippen molar-refractivity contribution in [2.24, 2.45) is 23.1 Å². The topological polar surface area (TPSA) is 355 Å². The van der Waals surface area contributed by atoms with Gasteiger partial charge in [-0.05, 0) is 90.7 Å². The zero-order valence-electron chi connectivity index (χ0n) is 43.5. The van der Waals surface area contributed by atoms with E-state index in [9.17, 15) is 48.6 Å². The third kappa shape index (κ3) is 18.6. The van der Waals surface area contributed by atoms with Crippen molar-refractivity contribution >= 4 is 94.2 Å². The van der Waals surface area contributed by atoms with Gasteiger partial charge in [0.05, 0.1) is 12.1 Å². The minimum Gasteiger partial charge on any atom is -0.508 e. The SMILES string of the molecule is CC(C)[C@H](NC(=O)[C@H](CCCCN)NC(=O)[C@@H](Cc1c[nH]c2ccccc12)NC(=O)[C@H](Cc1ccc(O)cc1)NC(=O)[C@H](CS)NC(=O)[C@H](N)Cc1ccc2ccccc2c1)C(=O)N[C@@H](CS)C(=O)N[C@H](C(N)=O)[C@@H](C)O.[188Re]. The number of primary amides is 1. The fraction of sp³-hybridized carbons (Fsp3) is 0.407. The molecule has 0 bridgehead atoms. The number of thiol groups is 2. The molecular formula is C54H71N11O10ReS2. The predicted octanol–water partition coefficient (Wildman–Crippen LogP) is 0.284. The Hall–Kier alpha value is -6.52. The molecule has 421 valence electrons. The van der Waals surface area contributed by atoms with Gasteiger partial charge in [-0.25, -0.2) is 0 Å². The van der Waals surface area contributed by atoms with Gasteiger partial charge in [0, 0.05) is 61.9 Å². The quantitative estimate of drug-likeness (QED) is 0.0227. The second kappa shape index (κ2) is 31.2. The molecule has 24 heteroatoms. The molecule has 0 saturated heterocycles. The van der Waals surface area contributed by atoms with Crippen LogP contribution < -0.4 is 54.4 Å². The number of hydrogen-bond acceptors (Lipinski definition) is 14. The smallest absolute Gasteiger partial charge is 0.244 e. The summed E-state index contributed by atoms with van der Waals surface area (Å²) in [5, 5.41) is 41.3. The fourth-order valence-electron chi connectivity index (χ4n) is 8.50. The Morgan fingerprint density at radius 1 is 0.577 bits per heavy atom. The Morgan fingerprint density at radius 3 is 1.69 bits per heavy atom. The van der Waals surface area contributed by atoms with Gasteiger partial charge in [-0.2, -0.15) is 25.3 Å². The number of hydrogen-bond donors (Lipinski definition) is 15. The minimum atomic E-state index is -1.46. The van der Waals surface area contributed by atoms with E-state index < -0.39 is 108 Å². The normalized spacial score (nSPS) is 14.7. The summed E-state index contributed by atoms with van der Waals surface area (Å²) in [6.45, 7) is 4.81. The number of nitrogens with two attached hydrogens (primary N) is 3. The number of para-hydroxylation sites is 1. The summed E-state index contributed by atoms with van der Waals surface area (Å²) in [5.41, 5.74) is 20.2. The van der Waals surface area contributed by atoms with E-state index in [1.165, 1.54) is 19.1 Å². The molecule has 9 atom stereocenters. The van der Waals surface area contributed by atoms with E-state index >= 15 is 0 Å². The molecule has 1 aromatic heterocycles. The Labute approximate surface area is 477 Å². The third-order valence-electron chi connectivity index (χ3n) is 12.9. The van der Waals surface area contributed by atoms with Gasteiger partial charge in [-0.3, -0.25) is 38.4 Å². The molecule has 5 aromatic rings. The summed E-state index contributed by atoms with van der Waals surface area (Å²) in [6.07, 6.45) is 1.12. The zero-order chi connectivity index (χ0) is 56.3. The summed E-state index contributed by atoms with van der Waals surface area (Å²) in [6, 6.07) is 16.2. The van der Waals surface area contributed by atoms with E-state index in [1.807, 2.05) is 60.7 Å². The molecule has 0 aliphatic carbocycles. The van der Waals surface area contributed by atoms with Gasteiger partial charge < -0.3 is 69.6 Å². The molecule has 1 heterocycles. The van der Waals surface area contributed by atoms with Crippen molar-refractivity contribution in [3.8, 4) is 5.75 Å². The maximum Gasteiger partial charge on any atom is 0.244 e. The first-order valence-electron chi connectivity index (χ1n) is 25.3. The minimum absolute atomic E-state index is 0. The number of phenolic OH excluding ortho intramolecular Hbond substituents is 1. The number of nitrogens with one attached hydrogen (secondary N) is 8. The second-order valence-electron chi connectivity index (χ2n) is 19.2. The van der Waals surface area contributed by atoms with Crippen molar-refractivity contribution in [2.45, 2.75) is 114 Å². The Bertz CT molecular complexity index is 2860. The number of benzene rings is 4. The summed E-state index contributed by atoms with van der Waals surface area (Å²) in [4.78, 5) is 113. The molecule has 0 aliphatic rings. The van der Waals surface area contributed by atoms with Gasteiger partial charge in [0.15, 0.2) is 0 Å². The van der Waals surface area contributed by atoms with Crippen LogP contribution in [0.15, 0.2) is 97.2 Å². The number of aromatic hydroxyl groups is 1. The molecule has 16 N–H and O–H groups in total. The van der Waals surface area contributed by atoms with E-state index in [-0.39, 0.29) is 69.9 Å². The zero-order valence-corrected chi connectivity index (χ0v) is 48.0. The molecule has 78 heavy (non-hydrogen) atoms. The number of phenols is 1. The number of amides is 8. The molecular weight excluding hydrogens is 1210 g/mol. The van der Waals surface area contributed by atoms with E-state index in [1.54, 1.807) is 38.2 Å². The number of H-pyrrole nitrogens is 1. The summed E-state index contributed by atoms with van der Waals surface area (Å²) in [5.74, 6) is -7.51. The molecule has 1 radical (unpaired) electrons. The first-order chi connectivity index (χ1) is 36.7. The van der Waals surface area contributed by atoms with Crippen LogP contribution in [0.5, 0.6) is 5.75 Å². The van der Waals surface area contributed by atoms with Crippen LogP contribution in [-0.4, -0.2) is 135 Å². The number of aliphatic hydroxyl groups excluding tert-OH is 1. The predicted molar refractivity (Wildman–Crippen MR) is 299 cm³/mol. The van der Waals surface area contributed by atoms with Crippen LogP contribution in [0.3, 0.4) is 0 Å². The number of carbonyl (C=O) groups is 8. The van der Waals surface area contributed by atoms with Crippen LogP contribution in [0.2, 0.25) is 0 Å². The number of carbonyl (C=O) groups excluding carboxylic acids is 8. The number of fused-ring (bicyclic) bond motifs is 2. The number of rotatable bonds is 29. The molecule has 0 aliphatic heterocycles. The summed E-state index contributed by atoms with van der Waals surface area (Å²) >= 11 is 8.54. The largest absolute Gasteiger partial charge is 0.508 e. The number of aromatic nitrogens is 1. The van der Waals surface area contributed by atoms with Crippen LogP contribution in [0, 0.1) is 5.92 Å². The second-order valence-corrected chi connectivity index (χ2v) is 20.0. The van der Waals surface area contributed by atoms with Gasteiger partial charge in [-0.15, -0.1) is 0 Å². The van der Waals surface area contributed by atoms with Gasteiger partial charge >= 0.3 is 0 Å². The van der Waals surface area contributed by atoms with Crippen molar-refractivity contribution in [2.75, 3.05) is 18.1 Å². The first-order valence-corrected chi connectivity index (χ1v) is 26.6. The van der Waals surface area contributed by atoms with E-state index in [2.05, 4.69) is 67.5 Å². The Morgan fingerprint density at radius 2 is 1.09 bits per heavy atom. The Balaban J connectivity index is 0.0000131. The Kier molecular flexibility index (Phi) is 25.6. The van der Waals surface area contributed by atoms with Gasteiger partial charge in [-0.1, -0.05) is 86.6 Å². The van der Waals surface area contributed by atoms with Crippen molar-refractivity contribution in [3.05, 3.63) is 114 Å². The molecule has 0 spiro atoms. The van der Waals surface area contributed by atoms with Crippen molar-refractivity contribution in [1.29, 1.82) is 0 Å². The van der Waals surface area contributed by atoms with Crippen molar-refractivity contribution in [3.63, 3.8) is 0 Å². The van der Waals surface area contributed by atoms with E-state index in [0.29, 0.717) is 24.0 Å². The van der Waals surface area contributed by atoms with Gasteiger partial charge in [0.25, 0.3) is 0 Å². The third-order valence-corrected chi connectivity index (χ3v) is 13.6. The molecule has 0 saturated carbocycles. The number of aromatic amines is 1. The maximum absolute atomic E-state index is 14.8. The average Bonchev–Trinajstić information content (AvgIpc) is 3.83. The monoisotopic (exact) mass is 1290 g/mol. The molecule has 8 amide bonds. The van der Waals surface area contributed by atoms with Crippen LogP contribution in [0.1, 0.15) is 56.7 Å².